The van der Waals surface area contributed by atoms with Gasteiger partial charge >= 0.3 is 6.18 Å². The van der Waals surface area contributed by atoms with Gasteiger partial charge in [-0.25, -0.2) is 0 Å². The number of halogens is 3. The molecule has 0 aliphatic rings. The molecule has 0 spiro atoms. The summed E-state index contributed by atoms with van der Waals surface area (Å²) in [4.78, 5) is 11.3. The van der Waals surface area contributed by atoms with Gasteiger partial charge in [0.2, 0.25) is 5.91 Å². The van der Waals surface area contributed by atoms with E-state index in [0.717, 1.165) is 6.04 Å². The number of alkyl halides is 3. The molecule has 1 amide bonds. The van der Waals surface area contributed by atoms with Crippen molar-refractivity contribution in [1.29, 1.82) is 0 Å². The van der Waals surface area contributed by atoms with E-state index in [1.165, 1.54) is 0 Å². The van der Waals surface area contributed by atoms with Crippen LogP contribution < -0.4 is 5.32 Å². The molecule has 7 heteroatoms. The van der Waals surface area contributed by atoms with E-state index in [-0.39, 0.29) is 6.42 Å². The van der Waals surface area contributed by atoms with Gasteiger partial charge in [-0.1, -0.05) is 25.7 Å². The van der Waals surface area contributed by atoms with Gasteiger partial charge in [-0.05, 0) is 13.3 Å². The number of nitrogens with one attached hydrogen (secondary N) is 1. The zero-order valence-electron chi connectivity index (χ0n) is 11.3. The molecular formula is C11H22F3NO2Si. The van der Waals surface area contributed by atoms with Crippen LogP contribution in [-0.4, -0.2) is 37.4 Å². The third-order valence-corrected chi connectivity index (χ3v) is 4.42. The number of hydrogen-bond donors (Lipinski definition) is 2. The molecule has 0 aliphatic carbocycles. The number of carbonyl (C=O) groups is 1. The second-order valence-corrected chi connectivity index (χ2v) is 11.6. The van der Waals surface area contributed by atoms with Crippen LogP contribution >= 0.6 is 0 Å². The lowest BCUT2D eigenvalue weighted by molar-refractivity contribution is -0.250. The summed E-state index contributed by atoms with van der Waals surface area (Å²) in [7, 11) is -1.22. The summed E-state index contributed by atoms with van der Waals surface area (Å²) in [6.45, 7) is 6.34. The molecule has 0 heterocycles. The molecule has 3 nitrogen and oxygen atoms in total. The van der Waals surface area contributed by atoms with Crippen molar-refractivity contribution in [3.05, 3.63) is 0 Å². The van der Waals surface area contributed by atoms with E-state index in [9.17, 15) is 18.0 Å². The molecule has 0 saturated heterocycles. The van der Waals surface area contributed by atoms with Crippen molar-refractivity contribution in [3.63, 3.8) is 0 Å². The standard InChI is InChI=1S/C11H22F3NO2Si/c1-10(17,11(12,13)14)8-15-9(16)6-5-7-18(2,3)4/h17H,5-8H2,1-4H3,(H,15,16)/t10-/m1/s1. The van der Waals surface area contributed by atoms with Gasteiger partial charge in [0.05, 0.1) is 6.54 Å². The fourth-order valence-electron chi connectivity index (χ4n) is 1.24. The Morgan fingerprint density at radius 1 is 1.28 bits per heavy atom. The number of aliphatic hydroxyl groups is 1. The summed E-state index contributed by atoms with van der Waals surface area (Å²) < 4.78 is 36.9. The van der Waals surface area contributed by atoms with Crippen molar-refractivity contribution < 1.29 is 23.1 Å². The Morgan fingerprint density at radius 3 is 2.17 bits per heavy atom. The molecular weight excluding hydrogens is 263 g/mol. The molecule has 2 N–H and O–H groups in total. The molecule has 108 valence electrons. The Bertz CT molecular complexity index is 285. The minimum absolute atomic E-state index is 0.207. The van der Waals surface area contributed by atoms with Gasteiger partial charge in [-0.3, -0.25) is 4.79 Å². The first kappa shape index (κ1) is 17.4. The molecule has 18 heavy (non-hydrogen) atoms. The Morgan fingerprint density at radius 2 is 1.78 bits per heavy atom. The Labute approximate surface area is 107 Å². The SMILES string of the molecule is C[C@@](O)(CNC(=O)CCC[Si](C)(C)C)C(F)(F)F. The average Bonchev–Trinajstić information content (AvgIpc) is 2.11. The van der Waals surface area contributed by atoms with Crippen LogP contribution in [0.3, 0.4) is 0 Å². The first-order chi connectivity index (χ1) is 7.85. The number of hydrogen-bond acceptors (Lipinski definition) is 2. The first-order valence-corrected chi connectivity index (χ1v) is 9.62. The van der Waals surface area contributed by atoms with Crippen LogP contribution in [0.5, 0.6) is 0 Å². The highest BCUT2D eigenvalue weighted by Crippen LogP contribution is 2.29. The number of amides is 1. The van der Waals surface area contributed by atoms with Crippen molar-refractivity contribution in [2.24, 2.45) is 0 Å². The molecule has 0 rings (SSSR count). The molecule has 0 saturated carbocycles. The van der Waals surface area contributed by atoms with Crippen molar-refractivity contribution in [2.45, 2.75) is 57.2 Å². The molecule has 0 bridgehead atoms. The smallest absolute Gasteiger partial charge is 0.379 e. The summed E-state index contributed by atoms with van der Waals surface area (Å²) >= 11 is 0. The maximum atomic E-state index is 12.3. The summed E-state index contributed by atoms with van der Waals surface area (Å²) in [5.74, 6) is -0.447. The molecule has 1 atom stereocenters. The predicted molar refractivity (Wildman–Crippen MR) is 67.1 cm³/mol. The molecule has 0 unspecified atom stereocenters. The summed E-state index contributed by atoms with van der Waals surface area (Å²) in [6.07, 6.45) is -3.85. The highest BCUT2D eigenvalue weighted by atomic mass is 28.3. The van der Waals surface area contributed by atoms with Crippen LogP contribution in [-0.2, 0) is 4.79 Å². The minimum atomic E-state index is -4.74. The quantitative estimate of drug-likeness (QED) is 0.737. The van der Waals surface area contributed by atoms with E-state index < -0.39 is 32.3 Å². The van der Waals surface area contributed by atoms with Crippen molar-refractivity contribution in [3.8, 4) is 0 Å². The lowest BCUT2D eigenvalue weighted by Crippen LogP contribution is -2.51. The summed E-state index contributed by atoms with van der Waals surface area (Å²) in [6, 6.07) is 0.954. The van der Waals surface area contributed by atoms with Crippen molar-refractivity contribution >= 4 is 14.0 Å². The van der Waals surface area contributed by atoms with Crippen LogP contribution in [0.4, 0.5) is 13.2 Å². The minimum Gasteiger partial charge on any atom is -0.379 e. The molecule has 0 aromatic heterocycles. The van der Waals surface area contributed by atoms with E-state index in [4.69, 9.17) is 5.11 Å². The van der Waals surface area contributed by atoms with E-state index in [1.807, 2.05) is 0 Å². The fourth-order valence-corrected chi connectivity index (χ4v) is 2.48. The maximum absolute atomic E-state index is 12.3. The monoisotopic (exact) mass is 285 g/mol. The Balaban J connectivity index is 3.99. The van der Waals surface area contributed by atoms with E-state index in [1.54, 1.807) is 0 Å². The lowest BCUT2D eigenvalue weighted by Gasteiger charge is -2.26. The highest BCUT2D eigenvalue weighted by Gasteiger charge is 2.49. The third kappa shape index (κ3) is 7.00. The van der Waals surface area contributed by atoms with Gasteiger partial charge in [0.25, 0.3) is 0 Å². The van der Waals surface area contributed by atoms with Crippen LogP contribution in [0, 0.1) is 0 Å². The zero-order chi connectivity index (χ0) is 14.6. The Hall–Kier alpha value is -0.563. The van der Waals surface area contributed by atoms with Crippen LogP contribution in [0.15, 0.2) is 0 Å². The van der Waals surface area contributed by atoms with Gasteiger partial charge < -0.3 is 10.4 Å². The number of rotatable bonds is 6. The van der Waals surface area contributed by atoms with Crippen LogP contribution in [0.1, 0.15) is 19.8 Å². The van der Waals surface area contributed by atoms with Crippen molar-refractivity contribution in [2.75, 3.05) is 6.54 Å². The molecule has 0 fully saturated rings. The molecule has 0 aromatic rings. The van der Waals surface area contributed by atoms with Gasteiger partial charge in [0.1, 0.15) is 0 Å². The van der Waals surface area contributed by atoms with Crippen molar-refractivity contribution in [1.82, 2.24) is 5.32 Å². The lowest BCUT2D eigenvalue weighted by atomic mass is 10.1. The van der Waals surface area contributed by atoms with Crippen LogP contribution in [0.2, 0.25) is 25.7 Å². The second-order valence-electron chi connectivity index (χ2n) is 5.96. The summed E-state index contributed by atoms with van der Waals surface area (Å²) in [5, 5.41) is 11.2. The van der Waals surface area contributed by atoms with E-state index in [0.29, 0.717) is 13.3 Å². The molecule has 0 radical (unpaired) electrons. The van der Waals surface area contributed by atoms with Crippen LogP contribution in [0.25, 0.3) is 0 Å². The largest absolute Gasteiger partial charge is 0.418 e. The van der Waals surface area contributed by atoms with E-state index in [2.05, 4.69) is 25.0 Å². The molecule has 0 aliphatic heterocycles. The first-order valence-electron chi connectivity index (χ1n) is 5.91. The third-order valence-electron chi connectivity index (χ3n) is 2.57. The predicted octanol–water partition coefficient (Wildman–Crippen LogP) is 2.53. The fraction of sp³-hybridized carbons (Fsp3) is 0.909. The highest BCUT2D eigenvalue weighted by molar-refractivity contribution is 6.76. The van der Waals surface area contributed by atoms with E-state index >= 15 is 0 Å². The topological polar surface area (TPSA) is 49.3 Å². The normalized spacial score (nSPS) is 16.2. The van der Waals surface area contributed by atoms with Gasteiger partial charge in [-0.15, -0.1) is 0 Å². The average molecular weight is 285 g/mol. The number of carbonyl (C=O) groups excluding carboxylic acids is 1. The maximum Gasteiger partial charge on any atom is 0.418 e. The van der Waals surface area contributed by atoms with Gasteiger partial charge in [0, 0.05) is 14.5 Å². The zero-order valence-corrected chi connectivity index (χ0v) is 12.3. The van der Waals surface area contributed by atoms with Gasteiger partial charge in [0.15, 0.2) is 5.60 Å². The Kier molecular flexibility index (Phi) is 5.86. The van der Waals surface area contributed by atoms with Gasteiger partial charge in [-0.2, -0.15) is 13.2 Å². The molecule has 0 aromatic carbocycles. The second kappa shape index (κ2) is 6.05. The summed E-state index contributed by atoms with van der Waals surface area (Å²) in [5.41, 5.74) is -2.87.